The Kier molecular flexibility index (Phi) is 4.70. The third-order valence-electron chi connectivity index (χ3n) is 2.31. The van der Waals surface area contributed by atoms with E-state index in [-0.39, 0.29) is 12.5 Å². The van der Waals surface area contributed by atoms with Crippen LogP contribution < -0.4 is 5.32 Å². The minimum Gasteiger partial charge on any atom is -0.460 e. The molecule has 16 heavy (non-hydrogen) atoms. The van der Waals surface area contributed by atoms with Gasteiger partial charge in [-0.1, -0.05) is 0 Å². The molecule has 0 spiro atoms. The first-order valence-electron chi connectivity index (χ1n) is 5.24. The summed E-state index contributed by atoms with van der Waals surface area (Å²) >= 11 is 0. The van der Waals surface area contributed by atoms with Crippen LogP contribution in [0.2, 0.25) is 0 Å². The van der Waals surface area contributed by atoms with Gasteiger partial charge in [-0.3, -0.25) is 9.59 Å². The monoisotopic (exact) mass is 231 g/mol. The van der Waals surface area contributed by atoms with Crippen LogP contribution in [0.1, 0.15) is 26.7 Å². The van der Waals surface area contributed by atoms with Crippen molar-refractivity contribution in [2.75, 3.05) is 6.54 Å². The van der Waals surface area contributed by atoms with Crippen molar-refractivity contribution in [1.82, 2.24) is 5.32 Å². The van der Waals surface area contributed by atoms with E-state index in [9.17, 15) is 14.7 Å². The van der Waals surface area contributed by atoms with Gasteiger partial charge in [-0.25, -0.2) is 0 Å². The van der Waals surface area contributed by atoms with E-state index >= 15 is 0 Å². The summed E-state index contributed by atoms with van der Waals surface area (Å²) in [4.78, 5) is 21.6. The molecule has 1 aliphatic heterocycles. The van der Waals surface area contributed by atoms with Gasteiger partial charge in [0.2, 0.25) is 5.91 Å². The lowest BCUT2D eigenvalue weighted by molar-refractivity contribution is -0.209. The van der Waals surface area contributed by atoms with Crippen LogP contribution in [0, 0.1) is 0 Å². The molecule has 1 amide bonds. The first kappa shape index (κ1) is 12.9. The molecule has 1 rings (SSSR count). The van der Waals surface area contributed by atoms with Gasteiger partial charge in [0.1, 0.15) is 12.2 Å². The molecule has 1 aliphatic rings. The maximum atomic E-state index is 10.8. The number of aliphatic hydroxyl groups is 1. The van der Waals surface area contributed by atoms with Gasteiger partial charge >= 0.3 is 5.97 Å². The molecule has 92 valence electrons. The minimum atomic E-state index is -0.856. The number of ether oxygens (including phenoxy) is 2. The van der Waals surface area contributed by atoms with Crippen LogP contribution in [0.3, 0.4) is 0 Å². The average Bonchev–Trinajstić information content (AvgIpc) is 2.17. The summed E-state index contributed by atoms with van der Waals surface area (Å²) < 4.78 is 10.3. The highest BCUT2D eigenvalue weighted by Gasteiger charge is 2.32. The second-order valence-electron chi connectivity index (χ2n) is 3.79. The van der Waals surface area contributed by atoms with Gasteiger partial charge < -0.3 is 19.9 Å². The van der Waals surface area contributed by atoms with E-state index < -0.39 is 24.5 Å². The Labute approximate surface area is 93.9 Å². The van der Waals surface area contributed by atoms with Crippen molar-refractivity contribution < 1.29 is 24.2 Å². The Morgan fingerprint density at radius 1 is 1.44 bits per heavy atom. The van der Waals surface area contributed by atoms with Crippen molar-refractivity contribution in [2.24, 2.45) is 0 Å². The third kappa shape index (κ3) is 4.16. The van der Waals surface area contributed by atoms with Crippen LogP contribution in [0.15, 0.2) is 0 Å². The van der Waals surface area contributed by atoms with Crippen LogP contribution >= 0.6 is 0 Å². The Hall–Kier alpha value is -1.14. The van der Waals surface area contributed by atoms with Gasteiger partial charge in [-0.2, -0.15) is 0 Å². The van der Waals surface area contributed by atoms with Gasteiger partial charge in [0.05, 0.1) is 0 Å². The lowest BCUT2D eigenvalue weighted by Gasteiger charge is -2.33. The molecule has 6 nitrogen and oxygen atoms in total. The summed E-state index contributed by atoms with van der Waals surface area (Å²) in [6.07, 6.45) is -0.797. The largest absolute Gasteiger partial charge is 0.460 e. The Morgan fingerprint density at radius 2 is 2.12 bits per heavy atom. The number of amides is 1. The molecule has 0 saturated carbocycles. The van der Waals surface area contributed by atoms with Crippen LogP contribution in [0.4, 0.5) is 0 Å². The molecule has 0 radical (unpaired) electrons. The van der Waals surface area contributed by atoms with Crippen LogP contribution in [0.5, 0.6) is 0 Å². The van der Waals surface area contributed by atoms with Crippen molar-refractivity contribution in [2.45, 2.75) is 45.2 Å². The molecule has 0 aromatic rings. The fraction of sp³-hybridized carbons (Fsp3) is 0.800. The van der Waals surface area contributed by atoms with Crippen LogP contribution in [-0.2, 0) is 19.1 Å². The van der Waals surface area contributed by atoms with Crippen LogP contribution in [0.25, 0.3) is 0 Å². The highest BCUT2D eigenvalue weighted by Crippen LogP contribution is 2.20. The molecule has 1 fully saturated rings. The van der Waals surface area contributed by atoms with Crippen molar-refractivity contribution in [3.63, 3.8) is 0 Å². The Bertz CT molecular complexity index is 268. The number of carbonyl (C=O) groups is 2. The summed E-state index contributed by atoms with van der Waals surface area (Å²) in [5.74, 6) is -0.581. The predicted octanol–water partition coefficient (Wildman–Crippen LogP) is -0.448. The number of nitrogens with one attached hydrogen (secondary N) is 1. The predicted molar refractivity (Wildman–Crippen MR) is 54.4 cm³/mol. The summed E-state index contributed by atoms with van der Waals surface area (Å²) in [5, 5.41) is 11.9. The Morgan fingerprint density at radius 3 is 2.69 bits per heavy atom. The first-order valence-corrected chi connectivity index (χ1v) is 5.24. The van der Waals surface area contributed by atoms with E-state index in [0.29, 0.717) is 12.8 Å². The molecule has 0 aromatic heterocycles. The highest BCUT2D eigenvalue weighted by molar-refractivity contribution is 5.72. The van der Waals surface area contributed by atoms with Gasteiger partial charge in [0.15, 0.2) is 6.29 Å². The van der Waals surface area contributed by atoms with E-state index in [2.05, 4.69) is 5.32 Å². The number of rotatable bonds is 3. The number of aliphatic hydroxyl groups excluding tert-OH is 1. The smallest absolute Gasteiger partial charge is 0.302 e. The highest BCUT2D eigenvalue weighted by atomic mass is 16.6. The van der Waals surface area contributed by atoms with E-state index in [1.807, 2.05) is 0 Å². The molecule has 6 heteroatoms. The quantitative estimate of drug-likeness (QED) is 0.643. The zero-order valence-corrected chi connectivity index (χ0v) is 9.43. The first-order chi connectivity index (χ1) is 7.49. The van der Waals surface area contributed by atoms with E-state index in [1.54, 1.807) is 0 Å². The van der Waals surface area contributed by atoms with Gasteiger partial charge in [0.25, 0.3) is 0 Å². The van der Waals surface area contributed by atoms with Crippen molar-refractivity contribution in [3.05, 3.63) is 0 Å². The zero-order chi connectivity index (χ0) is 12.1. The normalized spacial score (nSPS) is 29.6. The summed E-state index contributed by atoms with van der Waals surface area (Å²) in [6, 6.07) is 0. The topological polar surface area (TPSA) is 84.9 Å². The molecule has 0 aromatic carbocycles. The molecule has 0 unspecified atom stereocenters. The van der Waals surface area contributed by atoms with Crippen LogP contribution in [-0.4, -0.2) is 42.0 Å². The fourth-order valence-corrected chi connectivity index (χ4v) is 1.62. The van der Waals surface area contributed by atoms with Gasteiger partial charge in [0, 0.05) is 26.8 Å². The maximum Gasteiger partial charge on any atom is 0.302 e. The summed E-state index contributed by atoms with van der Waals surface area (Å²) in [7, 11) is 0. The molecule has 0 bridgehead atoms. The molecule has 1 heterocycles. The number of hydrogen-bond donors (Lipinski definition) is 2. The van der Waals surface area contributed by atoms with E-state index in [1.165, 1.54) is 13.8 Å². The zero-order valence-electron chi connectivity index (χ0n) is 9.43. The minimum absolute atomic E-state index is 0.190. The van der Waals surface area contributed by atoms with Gasteiger partial charge in [-0.15, -0.1) is 0 Å². The fourth-order valence-electron chi connectivity index (χ4n) is 1.62. The van der Waals surface area contributed by atoms with Crippen molar-refractivity contribution in [1.29, 1.82) is 0 Å². The van der Waals surface area contributed by atoms with Gasteiger partial charge in [-0.05, 0) is 6.42 Å². The number of hydrogen-bond acceptors (Lipinski definition) is 5. The number of esters is 1. The average molecular weight is 231 g/mol. The summed E-state index contributed by atoms with van der Waals surface area (Å²) in [6.45, 7) is 2.94. The molecular weight excluding hydrogens is 214 g/mol. The van der Waals surface area contributed by atoms with E-state index in [4.69, 9.17) is 9.47 Å². The van der Waals surface area contributed by atoms with Crippen molar-refractivity contribution >= 4 is 11.9 Å². The Balaban J connectivity index is 2.50. The van der Waals surface area contributed by atoms with E-state index in [0.717, 1.165) is 0 Å². The molecule has 0 aliphatic carbocycles. The molecular formula is C10H17NO5. The summed E-state index contributed by atoms with van der Waals surface area (Å²) in [5.41, 5.74) is 0. The maximum absolute atomic E-state index is 10.8. The van der Waals surface area contributed by atoms with Crippen molar-refractivity contribution in [3.8, 4) is 0 Å². The lowest BCUT2D eigenvalue weighted by Crippen LogP contribution is -2.47. The second kappa shape index (κ2) is 5.81. The number of carbonyl (C=O) groups excluding carboxylic acids is 2. The second-order valence-corrected chi connectivity index (χ2v) is 3.79. The molecule has 2 N–H and O–H groups in total. The SMILES string of the molecule is CC(=O)NC[C@H]1O[C@@H](O)CC[C@@H]1OC(C)=O. The molecule has 3 atom stereocenters. The molecule has 1 saturated heterocycles. The lowest BCUT2D eigenvalue weighted by atomic mass is 10.0. The standard InChI is InChI=1S/C10H17NO5/c1-6(12)11-5-9-8(15-7(2)13)3-4-10(14)16-9/h8-10,14H,3-5H2,1-2H3,(H,11,12)/t8-,9+,10+/m0/s1. The third-order valence-corrected chi connectivity index (χ3v) is 2.31.